The predicted molar refractivity (Wildman–Crippen MR) is 123 cm³/mol. The van der Waals surface area contributed by atoms with Crippen molar-refractivity contribution in [1.29, 1.82) is 0 Å². The van der Waals surface area contributed by atoms with E-state index in [0.29, 0.717) is 46.1 Å². The van der Waals surface area contributed by atoms with Crippen LogP contribution in [0.2, 0.25) is 10.0 Å². The van der Waals surface area contributed by atoms with Crippen molar-refractivity contribution in [2.24, 2.45) is 0 Å². The Kier molecular flexibility index (Phi) is 7.71. The molecule has 0 aliphatic carbocycles. The molecule has 0 aliphatic heterocycles. The van der Waals surface area contributed by atoms with Gasteiger partial charge in [-0.3, -0.25) is 4.98 Å². The van der Waals surface area contributed by atoms with Gasteiger partial charge < -0.3 is 23.8 Å². The summed E-state index contributed by atoms with van der Waals surface area (Å²) in [5.74, 6) is 2.61. The molecular weight excluding hydrogens is 439 g/mol. The molecule has 0 amide bonds. The van der Waals surface area contributed by atoms with Crippen molar-refractivity contribution in [2.75, 3.05) is 33.3 Å². The zero-order valence-electron chi connectivity index (χ0n) is 17.8. The molecule has 164 valence electrons. The molecule has 8 heteroatoms. The SMILES string of the molecule is COc1ccc(CN(Cc2c(Cl)cncc2Cl)c2ccc(OC)c(OC)c2)cc1OC. The molecule has 31 heavy (non-hydrogen) atoms. The molecule has 0 saturated carbocycles. The molecule has 6 nitrogen and oxygen atoms in total. The smallest absolute Gasteiger partial charge is 0.162 e. The van der Waals surface area contributed by atoms with E-state index in [9.17, 15) is 0 Å². The number of aromatic nitrogens is 1. The Balaban J connectivity index is 2.02. The summed E-state index contributed by atoms with van der Waals surface area (Å²) in [6, 6.07) is 11.6. The monoisotopic (exact) mass is 462 g/mol. The average Bonchev–Trinajstić information content (AvgIpc) is 2.80. The molecule has 0 spiro atoms. The number of pyridine rings is 1. The van der Waals surface area contributed by atoms with Crippen molar-refractivity contribution in [1.82, 2.24) is 4.98 Å². The fourth-order valence-electron chi connectivity index (χ4n) is 3.24. The third-order valence-corrected chi connectivity index (χ3v) is 5.51. The molecule has 0 N–H and O–H groups in total. The van der Waals surface area contributed by atoms with Gasteiger partial charge in [-0.25, -0.2) is 0 Å². The zero-order chi connectivity index (χ0) is 22.4. The number of halogens is 2. The van der Waals surface area contributed by atoms with Crippen molar-refractivity contribution in [3.8, 4) is 23.0 Å². The predicted octanol–water partition coefficient (Wildman–Crippen LogP) is 5.63. The highest BCUT2D eigenvalue weighted by molar-refractivity contribution is 6.35. The van der Waals surface area contributed by atoms with Gasteiger partial charge in [0, 0.05) is 42.8 Å². The maximum atomic E-state index is 6.40. The fraction of sp³-hybridized carbons (Fsp3) is 0.261. The fourth-order valence-corrected chi connectivity index (χ4v) is 3.72. The first-order valence-corrected chi connectivity index (χ1v) is 10.2. The van der Waals surface area contributed by atoms with E-state index in [1.54, 1.807) is 40.8 Å². The Labute approximate surface area is 192 Å². The van der Waals surface area contributed by atoms with E-state index in [-0.39, 0.29) is 0 Å². The molecule has 1 aromatic heterocycles. The second kappa shape index (κ2) is 10.5. The minimum atomic E-state index is 0.462. The van der Waals surface area contributed by atoms with Gasteiger partial charge in [-0.05, 0) is 29.8 Å². The number of methoxy groups -OCH3 is 4. The van der Waals surface area contributed by atoms with Crippen LogP contribution in [0.3, 0.4) is 0 Å². The first kappa shape index (κ1) is 22.8. The average molecular weight is 463 g/mol. The van der Waals surface area contributed by atoms with Crippen LogP contribution in [0, 0.1) is 0 Å². The van der Waals surface area contributed by atoms with Crippen molar-refractivity contribution in [3.05, 3.63) is 70.0 Å². The Morgan fingerprint density at radius 3 is 1.84 bits per heavy atom. The number of anilines is 1. The van der Waals surface area contributed by atoms with Crippen LogP contribution >= 0.6 is 23.2 Å². The number of hydrogen-bond acceptors (Lipinski definition) is 6. The van der Waals surface area contributed by atoms with Crippen LogP contribution in [0.15, 0.2) is 48.8 Å². The van der Waals surface area contributed by atoms with Crippen molar-refractivity contribution in [3.63, 3.8) is 0 Å². The van der Waals surface area contributed by atoms with E-state index >= 15 is 0 Å². The number of benzene rings is 2. The lowest BCUT2D eigenvalue weighted by Crippen LogP contribution is -2.22. The molecule has 0 atom stereocenters. The van der Waals surface area contributed by atoms with Crippen LogP contribution in [0.25, 0.3) is 0 Å². The molecule has 0 saturated heterocycles. The third-order valence-electron chi connectivity index (χ3n) is 4.85. The number of ether oxygens (including phenoxy) is 4. The van der Waals surface area contributed by atoms with Crippen molar-refractivity contribution in [2.45, 2.75) is 13.1 Å². The van der Waals surface area contributed by atoms with E-state index in [0.717, 1.165) is 16.8 Å². The lowest BCUT2D eigenvalue weighted by molar-refractivity contribution is 0.354. The van der Waals surface area contributed by atoms with Gasteiger partial charge >= 0.3 is 0 Å². The number of nitrogens with zero attached hydrogens (tertiary/aromatic N) is 2. The van der Waals surface area contributed by atoms with Crippen LogP contribution in [0.5, 0.6) is 23.0 Å². The van der Waals surface area contributed by atoms with Gasteiger partial charge in [-0.1, -0.05) is 29.3 Å². The van der Waals surface area contributed by atoms with E-state index in [4.69, 9.17) is 42.1 Å². The third kappa shape index (κ3) is 5.27. The van der Waals surface area contributed by atoms with Crippen LogP contribution in [-0.2, 0) is 13.1 Å². The minimum Gasteiger partial charge on any atom is -0.493 e. The van der Waals surface area contributed by atoms with Gasteiger partial charge in [-0.15, -0.1) is 0 Å². The van der Waals surface area contributed by atoms with E-state index in [1.807, 2.05) is 36.4 Å². The molecule has 0 unspecified atom stereocenters. The summed E-state index contributed by atoms with van der Waals surface area (Å²) in [5.41, 5.74) is 2.72. The Hall–Kier alpha value is -2.83. The highest BCUT2D eigenvalue weighted by Crippen LogP contribution is 2.35. The summed E-state index contributed by atoms with van der Waals surface area (Å²) < 4.78 is 21.7. The lowest BCUT2D eigenvalue weighted by atomic mass is 10.1. The van der Waals surface area contributed by atoms with Crippen LogP contribution in [0.1, 0.15) is 11.1 Å². The first-order chi connectivity index (χ1) is 15.0. The van der Waals surface area contributed by atoms with Gasteiger partial charge in [0.15, 0.2) is 23.0 Å². The van der Waals surface area contributed by atoms with Gasteiger partial charge in [0.05, 0.1) is 38.5 Å². The second-order valence-corrected chi connectivity index (χ2v) is 7.48. The molecule has 3 aromatic rings. The molecule has 0 radical (unpaired) electrons. The topological polar surface area (TPSA) is 53.1 Å². The Morgan fingerprint density at radius 2 is 1.26 bits per heavy atom. The minimum absolute atomic E-state index is 0.462. The number of hydrogen-bond donors (Lipinski definition) is 0. The highest BCUT2D eigenvalue weighted by atomic mass is 35.5. The molecule has 0 bridgehead atoms. The Morgan fingerprint density at radius 1 is 0.710 bits per heavy atom. The van der Waals surface area contributed by atoms with Gasteiger partial charge in [0.1, 0.15) is 0 Å². The molecule has 2 aromatic carbocycles. The second-order valence-electron chi connectivity index (χ2n) is 6.67. The summed E-state index contributed by atoms with van der Waals surface area (Å²) in [6.45, 7) is 1.02. The van der Waals surface area contributed by atoms with E-state index in [2.05, 4.69) is 9.88 Å². The molecular formula is C23H24Cl2N2O4. The maximum Gasteiger partial charge on any atom is 0.162 e. The summed E-state index contributed by atoms with van der Waals surface area (Å²) in [4.78, 5) is 6.19. The standard InChI is InChI=1S/C23H24Cl2N2O4/c1-28-20-7-5-15(9-22(20)30-3)13-27(14-17-18(24)11-26-12-19(17)25)16-6-8-21(29-2)23(10-16)31-4/h5-12H,13-14H2,1-4H3. The van der Waals surface area contributed by atoms with Crippen molar-refractivity contribution < 1.29 is 18.9 Å². The van der Waals surface area contributed by atoms with Gasteiger partial charge in [0.25, 0.3) is 0 Å². The zero-order valence-corrected chi connectivity index (χ0v) is 19.3. The molecule has 0 fully saturated rings. The van der Waals surface area contributed by atoms with Crippen LogP contribution in [0.4, 0.5) is 5.69 Å². The molecule has 3 rings (SSSR count). The van der Waals surface area contributed by atoms with Crippen molar-refractivity contribution >= 4 is 28.9 Å². The Bertz CT molecular complexity index is 1030. The molecule has 0 aliphatic rings. The van der Waals surface area contributed by atoms with Crippen LogP contribution in [-0.4, -0.2) is 33.4 Å². The summed E-state index contributed by atoms with van der Waals surface area (Å²) >= 11 is 12.8. The van der Waals surface area contributed by atoms with Crippen LogP contribution < -0.4 is 23.8 Å². The largest absolute Gasteiger partial charge is 0.493 e. The highest BCUT2D eigenvalue weighted by Gasteiger charge is 2.17. The van der Waals surface area contributed by atoms with Gasteiger partial charge in [-0.2, -0.15) is 0 Å². The normalized spacial score (nSPS) is 10.5. The summed E-state index contributed by atoms with van der Waals surface area (Å²) in [5, 5.41) is 1.01. The molecule has 1 heterocycles. The summed E-state index contributed by atoms with van der Waals surface area (Å²) in [7, 11) is 6.44. The van der Waals surface area contributed by atoms with E-state index < -0.39 is 0 Å². The maximum absolute atomic E-state index is 6.40. The first-order valence-electron chi connectivity index (χ1n) is 9.46. The van der Waals surface area contributed by atoms with E-state index in [1.165, 1.54) is 0 Å². The summed E-state index contributed by atoms with van der Waals surface area (Å²) in [6.07, 6.45) is 3.18. The lowest BCUT2D eigenvalue weighted by Gasteiger charge is -2.27. The number of rotatable bonds is 9. The quantitative estimate of drug-likeness (QED) is 0.410. The van der Waals surface area contributed by atoms with Gasteiger partial charge in [0.2, 0.25) is 0 Å².